The molecule has 2 aromatic rings. The van der Waals surface area contributed by atoms with Gasteiger partial charge in [0.25, 0.3) is 0 Å². The minimum Gasteiger partial charge on any atom is -0.371 e. The first kappa shape index (κ1) is 11.3. The van der Waals surface area contributed by atoms with Crippen molar-refractivity contribution in [3.63, 3.8) is 0 Å². The molecule has 1 heterocycles. The Balaban J connectivity index is 2.34. The molecule has 0 amide bonds. The summed E-state index contributed by atoms with van der Waals surface area (Å²) in [6.45, 7) is 8.89. The van der Waals surface area contributed by atoms with Crippen LogP contribution in [0.5, 0.6) is 0 Å². The van der Waals surface area contributed by atoms with Crippen molar-refractivity contribution in [2.75, 3.05) is 12.4 Å². The van der Waals surface area contributed by atoms with E-state index in [1.807, 2.05) is 7.05 Å². The minimum atomic E-state index is 0.982. The highest BCUT2D eigenvalue weighted by Crippen LogP contribution is 2.44. The van der Waals surface area contributed by atoms with Gasteiger partial charge in [0.15, 0.2) is 5.82 Å². The molecule has 18 heavy (non-hydrogen) atoms. The molecule has 0 radical (unpaired) electrons. The molecule has 3 rings (SSSR count). The van der Waals surface area contributed by atoms with Crippen molar-refractivity contribution < 1.29 is 0 Å². The molecule has 0 aliphatic heterocycles. The zero-order chi connectivity index (χ0) is 13.0. The van der Waals surface area contributed by atoms with Gasteiger partial charge in [0.1, 0.15) is 0 Å². The molecule has 1 aliphatic rings. The van der Waals surface area contributed by atoms with Crippen molar-refractivity contribution >= 4 is 5.82 Å². The third-order valence-electron chi connectivity index (χ3n) is 4.52. The highest BCUT2D eigenvalue weighted by atomic mass is 15.2. The SMILES string of the molecule is CNc1n[nH]c2c1Cc1c(C)c(C)c(C)c(C)c1-2. The third-order valence-corrected chi connectivity index (χ3v) is 4.52. The average molecular weight is 241 g/mol. The minimum absolute atomic E-state index is 0.982. The summed E-state index contributed by atoms with van der Waals surface area (Å²) in [5.74, 6) is 0.982. The van der Waals surface area contributed by atoms with E-state index in [1.165, 1.54) is 44.6 Å². The Morgan fingerprint density at radius 1 is 0.944 bits per heavy atom. The Labute approximate surface area is 108 Å². The Morgan fingerprint density at radius 2 is 1.61 bits per heavy atom. The van der Waals surface area contributed by atoms with Crippen molar-refractivity contribution in [2.24, 2.45) is 0 Å². The van der Waals surface area contributed by atoms with Gasteiger partial charge in [-0.15, -0.1) is 0 Å². The number of hydrogen-bond donors (Lipinski definition) is 2. The molecule has 0 saturated heterocycles. The third kappa shape index (κ3) is 1.22. The fourth-order valence-corrected chi connectivity index (χ4v) is 3.08. The van der Waals surface area contributed by atoms with Gasteiger partial charge in [-0.05, 0) is 55.5 Å². The van der Waals surface area contributed by atoms with E-state index < -0.39 is 0 Å². The van der Waals surface area contributed by atoms with Crippen LogP contribution in [0, 0.1) is 27.7 Å². The molecule has 3 heteroatoms. The molecule has 0 fully saturated rings. The molecule has 94 valence electrons. The zero-order valence-electron chi connectivity index (χ0n) is 11.7. The van der Waals surface area contributed by atoms with Gasteiger partial charge < -0.3 is 5.32 Å². The van der Waals surface area contributed by atoms with Crippen molar-refractivity contribution in [1.29, 1.82) is 0 Å². The molecule has 3 nitrogen and oxygen atoms in total. The normalized spacial score (nSPS) is 12.5. The van der Waals surface area contributed by atoms with E-state index >= 15 is 0 Å². The number of fused-ring (bicyclic) bond motifs is 3. The monoisotopic (exact) mass is 241 g/mol. The van der Waals surface area contributed by atoms with Gasteiger partial charge in [-0.3, -0.25) is 5.10 Å². The van der Waals surface area contributed by atoms with Crippen LogP contribution in [0.1, 0.15) is 33.4 Å². The summed E-state index contributed by atoms with van der Waals surface area (Å²) in [5.41, 5.74) is 11.0. The Hall–Kier alpha value is -1.77. The number of nitrogens with one attached hydrogen (secondary N) is 2. The topological polar surface area (TPSA) is 40.7 Å². The first-order valence-electron chi connectivity index (χ1n) is 6.40. The molecule has 1 aromatic heterocycles. The molecule has 1 aliphatic carbocycles. The van der Waals surface area contributed by atoms with E-state index in [-0.39, 0.29) is 0 Å². The predicted molar refractivity (Wildman–Crippen MR) is 75.3 cm³/mol. The van der Waals surface area contributed by atoms with E-state index in [0.29, 0.717) is 0 Å². The van der Waals surface area contributed by atoms with E-state index in [9.17, 15) is 0 Å². The van der Waals surface area contributed by atoms with Gasteiger partial charge in [0.2, 0.25) is 0 Å². The van der Waals surface area contributed by atoms with Gasteiger partial charge in [0, 0.05) is 24.6 Å². The van der Waals surface area contributed by atoms with Crippen LogP contribution < -0.4 is 5.32 Å². The lowest BCUT2D eigenvalue weighted by Gasteiger charge is -2.15. The van der Waals surface area contributed by atoms with Crippen LogP contribution in [0.4, 0.5) is 5.82 Å². The summed E-state index contributed by atoms with van der Waals surface area (Å²) >= 11 is 0. The van der Waals surface area contributed by atoms with Gasteiger partial charge in [-0.25, -0.2) is 0 Å². The number of H-pyrrole nitrogens is 1. The maximum atomic E-state index is 4.34. The average Bonchev–Trinajstić information content (AvgIpc) is 2.91. The Kier molecular flexibility index (Phi) is 2.27. The Bertz CT molecular complexity index is 650. The predicted octanol–water partition coefficient (Wildman–Crippen LogP) is 3.26. The second kappa shape index (κ2) is 3.61. The number of benzene rings is 1. The number of anilines is 1. The van der Waals surface area contributed by atoms with Crippen LogP contribution in [0.3, 0.4) is 0 Å². The molecule has 1 aromatic carbocycles. The quantitative estimate of drug-likeness (QED) is 0.686. The second-order valence-electron chi connectivity index (χ2n) is 5.21. The maximum Gasteiger partial charge on any atom is 0.151 e. The van der Waals surface area contributed by atoms with E-state index in [1.54, 1.807) is 0 Å². The highest BCUT2D eigenvalue weighted by Gasteiger charge is 2.28. The lowest BCUT2D eigenvalue weighted by molar-refractivity contribution is 1.07. The van der Waals surface area contributed by atoms with Crippen molar-refractivity contribution in [3.05, 3.63) is 33.4 Å². The fourth-order valence-electron chi connectivity index (χ4n) is 3.08. The lowest BCUT2D eigenvalue weighted by atomic mass is 9.90. The summed E-state index contributed by atoms with van der Waals surface area (Å²) < 4.78 is 0. The number of aromatic nitrogens is 2. The van der Waals surface area contributed by atoms with Gasteiger partial charge in [-0.2, -0.15) is 5.10 Å². The summed E-state index contributed by atoms with van der Waals surface area (Å²) in [4.78, 5) is 0. The number of nitrogens with zero attached hydrogens (tertiary/aromatic N) is 1. The summed E-state index contributed by atoms with van der Waals surface area (Å²) in [5, 5.41) is 10.7. The second-order valence-corrected chi connectivity index (χ2v) is 5.21. The first-order chi connectivity index (χ1) is 8.56. The highest BCUT2D eigenvalue weighted by molar-refractivity contribution is 5.83. The van der Waals surface area contributed by atoms with E-state index in [2.05, 4.69) is 43.2 Å². The van der Waals surface area contributed by atoms with Gasteiger partial charge >= 0.3 is 0 Å². The van der Waals surface area contributed by atoms with Crippen molar-refractivity contribution in [1.82, 2.24) is 10.2 Å². The van der Waals surface area contributed by atoms with Crippen LogP contribution in [-0.4, -0.2) is 17.2 Å². The Morgan fingerprint density at radius 3 is 2.28 bits per heavy atom. The van der Waals surface area contributed by atoms with Crippen LogP contribution in [0.25, 0.3) is 11.3 Å². The molecule has 0 saturated carbocycles. The number of hydrogen-bond acceptors (Lipinski definition) is 2. The summed E-state index contributed by atoms with van der Waals surface area (Å²) in [6.07, 6.45) is 0.991. The maximum absolute atomic E-state index is 4.34. The smallest absolute Gasteiger partial charge is 0.151 e. The fraction of sp³-hybridized carbons (Fsp3) is 0.400. The lowest BCUT2D eigenvalue weighted by Crippen LogP contribution is -1.99. The van der Waals surface area contributed by atoms with Crippen LogP contribution in [-0.2, 0) is 6.42 Å². The molecule has 2 N–H and O–H groups in total. The largest absolute Gasteiger partial charge is 0.371 e. The van der Waals surface area contributed by atoms with Gasteiger partial charge in [0.05, 0.1) is 5.69 Å². The van der Waals surface area contributed by atoms with Crippen LogP contribution in [0.2, 0.25) is 0 Å². The molecule has 0 unspecified atom stereocenters. The van der Waals surface area contributed by atoms with Crippen LogP contribution in [0.15, 0.2) is 0 Å². The van der Waals surface area contributed by atoms with Crippen molar-refractivity contribution in [2.45, 2.75) is 34.1 Å². The molecule has 0 bridgehead atoms. The molecule has 0 spiro atoms. The standard InChI is InChI=1S/C15H19N3/c1-7-8(2)10(4)13-11(9(7)3)6-12-14(13)17-18-15(12)16-5/h6H2,1-5H3,(H2,16,17,18). The number of aromatic amines is 1. The van der Waals surface area contributed by atoms with Crippen molar-refractivity contribution in [3.8, 4) is 11.3 Å². The molecular weight excluding hydrogens is 222 g/mol. The molecule has 0 atom stereocenters. The van der Waals surface area contributed by atoms with E-state index in [0.717, 1.165) is 12.2 Å². The number of rotatable bonds is 1. The summed E-state index contributed by atoms with van der Waals surface area (Å²) in [7, 11) is 1.93. The van der Waals surface area contributed by atoms with Gasteiger partial charge in [-0.1, -0.05) is 0 Å². The summed E-state index contributed by atoms with van der Waals surface area (Å²) in [6, 6.07) is 0. The van der Waals surface area contributed by atoms with E-state index in [4.69, 9.17) is 0 Å². The molecular formula is C15H19N3. The first-order valence-corrected chi connectivity index (χ1v) is 6.40. The van der Waals surface area contributed by atoms with Crippen LogP contribution >= 0.6 is 0 Å². The zero-order valence-corrected chi connectivity index (χ0v) is 11.7.